The zero-order valence-corrected chi connectivity index (χ0v) is 9.71. The van der Waals surface area contributed by atoms with Gasteiger partial charge in [0.1, 0.15) is 0 Å². The predicted octanol–water partition coefficient (Wildman–Crippen LogP) is 2.98. The van der Waals surface area contributed by atoms with Crippen molar-refractivity contribution in [1.29, 1.82) is 0 Å². The van der Waals surface area contributed by atoms with E-state index < -0.39 is 0 Å². The van der Waals surface area contributed by atoms with Gasteiger partial charge in [-0.25, -0.2) is 0 Å². The molecule has 0 aliphatic carbocycles. The van der Waals surface area contributed by atoms with E-state index in [9.17, 15) is 0 Å². The highest BCUT2D eigenvalue weighted by Crippen LogP contribution is 2.13. The van der Waals surface area contributed by atoms with E-state index in [1.807, 2.05) is 18.2 Å². The van der Waals surface area contributed by atoms with E-state index in [1.54, 1.807) is 0 Å². The van der Waals surface area contributed by atoms with Crippen LogP contribution in [0.5, 0.6) is 0 Å². The second kappa shape index (κ2) is 6.16. The van der Waals surface area contributed by atoms with Crippen LogP contribution in [0.3, 0.4) is 0 Å². The zero-order chi connectivity index (χ0) is 10.5. The molecular weight excluding hydrogens is 220 g/mol. The molecule has 0 saturated heterocycles. The summed E-state index contributed by atoms with van der Waals surface area (Å²) in [6.45, 7) is 0. The largest absolute Gasteiger partial charge is 0.324 e. The third kappa shape index (κ3) is 3.26. The standard InChI is InChI=1S/C13H14N2.ClH/c14-15-13-8-4-7-12(10-13)9-11-5-2-1-3-6-11;/h1-8,10,15H,9,14H2;1H. The van der Waals surface area contributed by atoms with Gasteiger partial charge in [0.05, 0.1) is 0 Å². The number of halogens is 1. The Hall–Kier alpha value is -1.51. The molecule has 0 bridgehead atoms. The molecule has 0 fully saturated rings. The molecule has 0 heterocycles. The third-order valence-electron chi connectivity index (χ3n) is 2.34. The molecular formula is C13H15ClN2. The summed E-state index contributed by atoms with van der Waals surface area (Å²) < 4.78 is 0. The minimum atomic E-state index is 0. The van der Waals surface area contributed by atoms with E-state index in [-0.39, 0.29) is 12.4 Å². The maximum Gasteiger partial charge on any atom is 0.0487 e. The van der Waals surface area contributed by atoms with Crippen molar-refractivity contribution in [1.82, 2.24) is 0 Å². The Morgan fingerprint density at radius 1 is 0.875 bits per heavy atom. The van der Waals surface area contributed by atoms with E-state index in [0.29, 0.717) is 0 Å². The molecule has 0 saturated carbocycles. The van der Waals surface area contributed by atoms with Gasteiger partial charge in [-0.05, 0) is 29.7 Å². The average molecular weight is 235 g/mol. The first-order valence-corrected chi connectivity index (χ1v) is 4.98. The molecule has 2 rings (SSSR count). The molecule has 0 amide bonds. The molecule has 16 heavy (non-hydrogen) atoms. The summed E-state index contributed by atoms with van der Waals surface area (Å²) >= 11 is 0. The molecule has 84 valence electrons. The minimum absolute atomic E-state index is 0. The number of nitrogen functional groups attached to an aromatic ring is 1. The minimum Gasteiger partial charge on any atom is -0.324 e. The molecule has 0 unspecified atom stereocenters. The van der Waals surface area contributed by atoms with E-state index in [0.717, 1.165) is 12.1 Å². The third-order valence-corrected chi connectivity index (χ3v) is 2.34. The highest BCUT2D eigenvalue weighted by atomic mass is 35.5. The van der Waals surface area contributed by atoms with Crippen molar-refractivity contribution in [3.63, 3.8) is 0 Å². The van der Waals surface area contributed by atoms with Crippen LogP contribution < -0.4 is 11.3 Å². The van der Waals surface area contributed by atoms with Gasteiger partial charge < -0.3 is 5.43 Å². The van der Waals surface area contributed by atoms with E-state index in [2.05, 4.69) is 41.8 Å². The van der Waals surface area contributed by atoms with E-state index in [4.69, 9.17) is 5.84 Å². The normalized spacial score (nSPS) is 9.31. The summed E-state index contributed by atoms with van der Waals surface area (Å²) in [6, 6.07) is 18.5. The number of hydrogen-bond acceptors (Lipinski definition) is 2. The predicted molar refractivity (Wildman–Crippen MR) is 70.7 cm³/mol. The molecule has 0 radical (unpaired) electrons. The van der Waals surface area contributed by atoms with E-state index >= 15 is 0 Å². The monoisotopic (exact) mass is 234 g/mol. The zero-order valence-electron chi connectivity index (χ0n) is 8.89. The van der Waals surface area contributed by atoms with Gasteiger partial charge in [-0.3, -0.25) is 5.84 Å². The molecule has 0 atom stereocenters. The van der Waals surface area contributed by atoms with Crippen LogP contribution in [0.15, 0.2) is 54.6 Å². The second-order valence-electron chi connectivity index (χ2n) is 3.51. The van der Waals surface area contributed by atoms with Gasteiger partial charge in [0.25, 0.3) is 0 Å². The Kier molecular flexibility index (Phi) is 4.83. The maximum atomic E-state index is 5.36. The van der Waals surface area contributed by atoms with Crippen LogP contribution in [0.4, 0.5) is 5.69 Å². The van der Waals surface area contributed by atoms with Gasteiger partial charge in [0.15, 0.2) is 0 Å². The second-order valence-corrected chi connectivity index (χ2v) is 3.51. The van der Waals surface area contributed by atoms with Gasteiger partial charge in [-0.2, -0.15) is 0 Å². The van der Waals surface area contributed by atoms with Gasteiger partial charge in [0.2, 0.25) is 0 Å². The number of nitrogens with one attached hydrogen (secondary N) is 1. The summed E-state index contributed by atoms with van der Waals surface area (Å²) in [4.78, 5) is 0. The first-order chi connectivity index (χ1) is 7.38. The summed E-state index contributed by atoms with van der Waals surface area (Å²) in [5, 5.41) is 0. The van der Waals surface area contributed by atoms with Crippen LogP contribution in [-0.2, 0) is 6.42 Å². The van der Waals surface area contributed by atoms with Gasteiger partial charge in [-0.1, -0.05) is 42.5 Å². The van der Waals surface area contributed by atoms with Crippen molar-refractivity contribution in [3.05, 3.63) is 65.7 Å². The molecule has 2 aromatic carbocycles. The molecule has 0 aliphatic rings. The highest BCUT2D eigenvalue weighted by Gasteiger charge is 1.96. The molecule has 0 spiro atoms. The Morgan fingerprint density at radius 3 is 2.25 bits per heavy atom. The Morgan fingerprint density at radius 2 is 1.56 bits per heavy atom. The molecule has 2 nitrogen and oxygen atoms in total. The van der Waals surface area contributed by atoms with Crippen LogP contribution in [0.2, 0.25) is 0 Å². The number of hydrogen-bond donors (Lipinski definition) is 2. The Labute approximate surface area is 102 Å². The topological polar surface area (TPSA) is 38.0 Å². The van der Waals surface area contributed by atoms with Crippen LogP contribution in [0.25, 0.3) is 0 Å². The number of nitrogens with two attached hydrogens (primary N) is 1. The van der Waals surface area contributed by atoms with Crippen molar-refractivity contribution in [2.45, 2.75) is 6.42 Å². The van der Waals surface area contributed by atoms with Crippen LogP contribution in [0.1, 0.15) is 11.1 Å². The van der Waals surface area contributed by atoms with Gasteiger partial charge in [-0.15, -0.1) is 12.4 Å². The number of anilines is 1. The lowest BCUT2D eigenvalue weighted by Gasteiger charge is -2.04. The van der Waals surface area contributed by atoms with E-state index in [1.165, 1.54) is 11.1 Å². The average Bonchev–Trinajstić information content (AvgIpc) is 2.31. The van der Waals surface area contributed by atoms with Crippen molar-refractivity contribution >= 4 is 18.1 Å². The maximum absolute atomic E-state index is 5.36. The van der Waals surface area contributed by atoms with Crippen molar-refractivity contribution in [2.75, 3.05) is 5.43 Å². The lowest BCUT2D eigenvalue weighted by atomic mass is 10.0. The summed E-state index contributed by atoms with van der Waals surface area (Å²) in [6.07, 6.45) is 0.941. The summed E-state index contributed by atoms with van der Waals surface area (Å²) in [5.74, 6) is 5.36. The highest BCUT2D eigenvalue weighted by molar-refractivity contribution is 5.85. The fourth-order valence-corrected chi connectivity index (χ4v) is 1.60. The van der Waals surface area contributed by atoms with Gasteiger partial charge in [0, 0.05) is 5.69 Å². The molecule has 0 aromatic heterocycles. The van der Waals surface area contributed by atoms with Crippen LogP contribution in [0, 0.1) is 0 Å². The quantitative estimate of drug-likeness (QED) is 0.633. The fourth-order valence-electron chi connectivity index (χ4n) is 1.60. The first-order valence-electron chi connectivity index (χ1n) is 4.98. The fraction of sp³-hybridized carbons (Fsp3) is 0.0769. The smallest absolute Gasteiger partial charge is 0.0487 e. The molecule has 3 heteroatoms. The van der Waals surface area contributed by atoms with Crippen molar-refractivity contribution in [2.24, 2.45) is 5.84 Å². The lowest BCUT2D eigenvalue weighted by molar-refractivity contribution is 1.19. The van der Waals surface area contributed by atoms with Crippen LogP contribution >= 0.6 is 12.4 Å². The summed E-state index contributed by atoms with van der Waals surface area (Å²) in [7, 11) is 0. The van der Waals surface area contributed by atoms with Gasteiger partial charge >= 0.3 is 0 Å². The van der Waals surface area contributed by atoms with Crippen molar-refractivity contribution in [3.8, 4) is 0 Å². The SMILES string of the molecule is Cl.NNc1cccc(Cc2ccccc2)c1. The molecule has 2 aromatic rings. The Bertz CT molecular complexity index is 429. The lowest BCUT2D eigenvalue weighted by Crippen LogP contribution is -2.06. The summed E-state index contributed by atoms with van der Waals surface area (Å²) in [5.41, 5.74) is 6.17. The Balaban J connectivity index is 0.00000128. The first kappa shape index (κ1) is 12.6. The van der Waals surface area contributed by atoms with Crippen LogP contribution in [-0.4, -0.2) is 0 Å². The number of benzene rings is 2. The molecule has 3 N–H and O–H groups in total. The molecule has 0 aliphatic heterocycles. The van der Waals surface area contributed by atoms with Crippen molar-refractivity contribution < 1.29 is 0 Å². The number of hydrazine groups is 1. The number of rotatable bonds is 3.